The summed E-state index contributed by atoms with van der Waals surface area (Å²) in [5, 5.41) is 63.4. The van der Waals surface area contributed by atoms with Gasteiger partial charge in [-0.15, -0.1) is 0 Å². The average molecular weight is 1480 g/mol. The zero-order chi connectivity index (χ0) is 76.5. The van der Waals surface area contributed by atoms with Crippen molar-refractivity contribution in [3.63, 3.8) is 0 Å². The summed E-state index contributed by atoms with van der Waals surface area (Å²) in [4.78, 5) is 70.7. The van der Waals surface area contributed by atoms with E-state index >= 15 is 0 Å². The number of nitrogens with one attached hydrogen (secondary N) is 3. The van der Waals surface area contributed by atoms with Crippen LogP contribution in [0.3, 0.4) is 0 Å². The second-order valence-electron chi connectivity index (χ2n) is 24.3. The van der Waals surface area contributed by atoms with Crippen LogP contribution in [0.4, 0.5) is 34.1 Å². The van der Waals surface area contributed by atoms with Gasteiger partial charge in [-0.1, -0.05) is 115 Å². The molecule has 0 atom stereocenters. The number of fused-ring (bicyclic) bond motifs is 2. The summed E-state index contributed by atoms with van der Waals surface area (Å²) >= 11 is 0. The van der Waals surface area contributed by atoms with Crippen LogP contribution < -0.4 is 40.6 Å². The van der Waals surface area contributed by atoms with Gasteiger partial charge in [-0.25, -0.2) is 9.26 Å². The Kier molecular flexibility index (Phi) is 24.4. The van der Waals surface area contributed by atoms with Crippen LogP contribution in [0.15, 0.2) is 237 Å². The van der Waals surface area contributed by atoms with Crippen molar-refractivity contribution < 1.29 is 71.4 Å². The molecule has 110 heavy (non-hydrogen) atoms. The molecule has 1 amide bonds. The molecule has 0 radical (unpaired) electrons. The number of nitro benzene ring substituents is 2. The average Bonchev–Trinajstić information content (AvgIpc) is 1.65. The predicted octanol–water partition coefficient (Wildman–Crippen LogP) is 15.4. The van der Waals surface area contributed by atoms with Gasteiger partial charge in [-0.05, 0) is 174 Å². The number of ketones is 2. The highest BCUT2D eigenvalue weighted by atomic mass is 16.6. The molecule has 0 aliphatic carbocycles. The molecule has 0 unspecified atom stereocenters. The topological polar surface area (TPSA) is 404 Å². The Morgan fingerprint density at radius 1 is 0.409 bits per heavy atom. The van der Waals surface area contributed by atoms with Crippen molar-refractivity contribution in [1.82, 2.24) is 30.9 Å². The standard InChI is InChI=1S/C40H32N6O8.C21H17N5O4.C19H17NO5.CH4/c1-51-31-15-9-27(10-16-31)37-35(53-43-38(37)28-11-17-32(52-2)18-12-28)22-36(48)42-29-13-7-26(8-14-29)25-5-3-24(4-6-25)21-30(47)23-41-33-19-20-34(46(49)50)40-39(33)44-54-45-40;22-16-7-5-15(6-8-16)14-3-1-13(2-4-14)11-17(27)12-23-18-9-10-19(26(28)29)21-20(18)24-30-25-21;1-23-14-7-3-12(4-8-14)18-16(11-17(21)22)25-20-19(18)13-5-9-15(24-2)10-6-13;/h3-20,41H,21-23H2,1-2H3,(H,42,48);1-10,23H,11-12,22H2;3-10H,11H2,1-2H3,(H,21,22);1H4. The molecule has 10 aromatic carbocycles. The third kappa shape index (κ3) is 18.4. The highest BCUT2D eigenvalue weighted by Crippen LogP contribution is 2.39. The predicted molar refractivity (Wildman–Crippen MR) is 411 cm³/mol. The van der Waals surface area contributed by atoms with Crippen molar-refractivity contribution in [1.29, 1.82) is 0 Å². The molecule has 14 rings (SSSR count). The molecule has 0 bridgehead atoms. The van der Waals surface area contributed by atoms with E-state index < -0.39 is 15.8 Å². The van der Waals surface area contributed by atoms with Crippen LogP contribution in [0, 0.1) is 20.2 Å². The summed E-state index contributed by atoms with van der Waals surface area (Å²) < 4.78 is 41.4. The smallest absolute Gasteiger partial charge is 0.311 e. The molecule has 0 saturated heterocycles. The van der Waals surface area contributed by atoms with Crippen LogP contribution in [-0.2, 0) is 44.9 Å². The zero-order valence-electron chi connectivity index (χ0n) is 58.7. The van der Waals surface area contributed by atoms with E-state index in [4.69, 9.17) is 38.8 Å². The second-order valence-corrected chi connectivity index (χ2v) is 24.3. The number of rotatable bonds is 27. The van der Waals surface area contributed by atoms with Crippen LogP contribution in [0.2, 0.25) is 0 Å². The number of carboxylic acid groups (broad SMARTS) is 1. The molecule has 29 heteroatoms. The van der Waals surface area contributed by atoms with Gasteiger partial charge < -0.3 is 54.8 Å². The Morgan fingerprint density at radius 2 is 0.736 bits per heavy atom. The summed E-state index contributed by atoms with van der Waals surface area (Å²) in [5.41, 5.74) is 19.4. The monoisotopic (exact) mass is 1480 g/mol. The fraction of sp³-hybridized carbons (Fsp3) is 0.136. The number of anilines is 4. The van der Waals surface area contributed by atoms with Crippen molar-refractivity contribution in [3.05, 3.63) is 261 Å². The van der Waals surface area contributed by atoms with Gasteiger partial charge in [0.1, 0.15) is 40.8 Å². The van der Waals surface area contributed by atoms with E-state index in [1.165, 1.54) is 24.3 Å². The van der Waals surface area contributed by atoms with E-state index in [2.05, 4.69) is 56.1 Å². The number of carboxylic acids is 1. The van der Waals surface area contributed by atoms with E-state index in [0.29, 0.717) is 74.0 Å². The summed E-state index contributed by atoms with van der Waals surface area (Å²) in [6.45, 7) is 0.0251. The Labute approximate surface area is 626 Å². The lowest BCUT2D eigenvalue weighted by atomic mass is 9.97. The molecule has 29 nitrogen and oxygen atoms in total. The van der Waals surface area contributed by atoms with Gasteiger partial charge in [-0.2, -0.15) is 0 Å². The SMILES string of the molecule is C.COc1ccc(-c2noc(CC(=O)Nc3ccc(-c4ccc(CC(=O)CNc5ccc([N+](=O)[O-])c6nonc56)cc4)cc3)c2-c2ccc(OC)cc2)cc1.COc1ccc(-c2noc(CC(=O)O)c2-c2ccc(OC)cc2)cc1.Nc1ccc(-c2ccc(CC(=O)CNc3ccc([N+](=O)[O-])c4nonc34)cc2)cc1. The van der Waals surface area contributed by atoms with Gasteiger partial charge >= 0.3 is 17.3 Å². The number of aliphatic carboxylic acids is 1. The Morgan fingerprint density at radius 3 is 1.09 bits per heavy atom. The number of carbonyl (C=O) groups excluding carboxylic acids is 3. The maximum atomic E-state index is 13.3. The minimum atomic E-state index is -0.979. The number of methoxy groups -OCH3 is 4. The zero-order valence-corrected chi connectivity index (χ0v) is 58.7. The number of hydrogen-bond acceptors (Lipinski definition) is 25. The lowest BCUT2D eigenvalue weighted by Crippen LogP contribution is -2.16. The number of non-ortho nitro benzene ring substituents is 2. The van der Waals surface area contributed by atoms with E-state index in [1.807, 2.05) is 194 Å². The molecule has 4 heterocycles. The minimum absolute atomic E-state index is 0. The van der Waals surface area contributed by atoms with Crippen LogP contribution in [0.1, 0.15) is 30.1 Å². The summed E-state index contributed by atoms with van der Waals surface area (Å²) in [7, 11) is 6.39. The number of nitro groups is 2. The number of benzene rings is 10. The normalized spacial score (nSPS) is 10.7. The van der Waals surface area contributed by atoms with Gasteiger partial charge in [0.05, 0.1) is 80.3 Å². The number of hydrogen-bond donors (Lipinski definition) is 5. The van der Waals surface area contributed by atoms with E-state index in [0.717, 1.165) is 61.4 Å². The molecule has 4 aromatic heterocycles. The first kappa shape index (κ1) is 76.2. The molecular formula is C81H70N12O17. The molecule has 6 N–H and O–H groups in total. The van der Waals surface area contributed by atoms with Gasteiger partial charge in [0.2, 0.25) is 16.9 Å². The second kappa shape index (κ2) is 35.3. The third-order valence-corrected chi connectivity index (χ3v) is 17.2. The quantitative estimate of drug-likeness (QED) is 0.0181. The van der Waals surface area contributed by atoms with Gasteiger partial charge in [0.15, 0.2) is 34.1 Å². The van der Waals surface area contributed by atoms with E-state index in [1.54, 1.807) is 28.4 Å². The maximum absolute atomic E-state index is 13.3. The first-order valence-corrected chi connectivity index (χ1v) is 33.4. The molecule has 0 fully saturated rings. The lowest BCUT2D eigenvalue weighted by Gasteiger charge is -2.09. The highest BCUT2D eigenvalue weighted by Gasteiger charge is 2.26. The van der Waals surface area contributed by atoms with Gasteiger partial charge in [0, 0.05) is 47.5 Å². The summed E-state index contributed by atoms with van der Waals surface area (Å²) in [6.07, 6.45) is 0.142. The van der Waals surface area contributed by atoms with Gasteiger partial charge in [0.25, 0.3) is 0 Å². The minimum Gasteiger partial charge on any atom is -0.497 e. The van der Waals surface area contributed by atoms with Crippen LogP contribution >= 0.6 is 0 Å². The van der Waals surface area contributed by atoms with Crippen LogP contribution in [-0.4, -0.2) is 111 Å². The largest absolute Gasteiger partial charge is 0.497 e. The molecule has 0 spiro atoms. The maximum Gasteiger partial charge on any atom is 0.311 e. The fourth-order valence-corrected chi connectivity index (χ4v) is 11.7. The molecular weight excluding hydrogens is 1410 g/mol. The van der Waals surface area contributed by atoms with Crippen LogP contribution in [0.25, 0.3) is 89.1 Å². The van der Waals surface area contributed by atoms with Gasteiger partial charge in [-0.3, -0.25) is 39.4 Å². The molecule has 0 aliphatic heterocycles. The molecule has 556 valence electrons. The van der Waals surface area contributed by atoms with Crippen molar-refractivity contribution in [2.24, 2.45) is 0 Å². The number of Topliss-reactive ketones (excluding diaryl/α,β-unsaturated/α-hetero) is 2. The number of nitrogens with zero attached hydrogens (tertiary/aromatic N) is 8. The molecule has 0 saturated carbocycles. The van der Waals surface area contributed by atoms with Crippen molar-refractivity contribution in [2.45, 2.75) is 33.1 Å². The Balaban J connectivity index is 0.000000180. The number of amides is 1. The fourth-order valence-electron chi connectivity index (χ4n) is 11.7. The van der Waals surface area contributed by atoms with Crippen molar-refractivity contribution in [3.8, 4) is 90.0 Å². The number of aromatic nitrogens is 6. The number of ether oxygens (including phenoxy) is 4. The summed E-state index contributed by atoms with van der Waals surface area (Å²) in [5.74, 6) is 2.20. The first-order chi connectivity index (χ1) is 52.9. The Hall–Kier alpha value is -14.9. The molecule has 14 aromatic rings. The lowest BCUT2D eigenvalue weighted by molar-refractivity contribution is -0.383. The molecule has 0 aliphatic rings. The Bertz CT molecular complexity index is 5550. The third-order valence-electron chi connectivity index (χ3n) is 17.2. The highest BCUT2D eigenvalue weighted by molar-refractivity contribution is 5.98. The first-order valence-electron chi connectivity index (χ1n) is 33.4. The number of carbonyl (C=O) groups is 4. The number of nitrogens with two attached hydrogens (primary N) is 1. The van der Waals surface area contributed by atoms with Crippen molar-refractivity contribution >= 4 is 79.6 Å². The van der Waals surface area contributed by atoms with Crippen LogP contribution in [0.5, 0.6) is 23.0 Å². The van der Waals surface area contributed by atoms with E-state index in [9.17, 15) is 39.4 Å². The van der Waals surface area contributed by atoms with E-state index in [-0.39, 0.29) is 97.1 Å². The van der Waals surface area contributed by atoms with Crippen molar-refractivity contribution in [2.75, 3.05) is 63.2 Å². The summed E-state index contributed by atoms with van der Waals surface area (Å²) in [6, 6.07) is 65.6. The number of nitrogen functional groups attached to an aromatic ring is 1.